The van der Waals surface area contributed by atoms with Crippen LogP contribution in [0, 0.1) is 11.6 Å². The molecule has 0 radical (unpaired) electrons. The Kier molecular flexibility index (Phi) is 6.29. The van der Waals surface area contributed by atoms with Crippen molar-refractivity contribution < 1.29 is 18.4 Å². The average molecular weight is 338 g/mol. The summed E-state index contributed by atoms with van der Waals surface area (Å²) < 4.78 is 27.2. The van der Waals surface area contributed by atoms with Crippen LogP contribution in [0.5, 0.6) is 0 Å². The summed E-state index contributed by atoms with van der Waals surface area (Å²) in [6, 6.07) is 3.71. The highest BCUT2D eigenvalue weighted by Gasteiger charge is 2.24. The van der Waals surface area contributed by atoms with Crippen LogP contribution in [0.15, 0.2) is 18.2 Å². The molecule has 1 fully saturated rings. The van der Waals surface area contributed by atoms with E-state index < -0.39 is 24.0 Å². The predicted molar refractivity (Wildman–Crippen MR) is 87.3 cm³/mol. The lowest BCUT2D eigenvalue weighted by atomic mass is 9.94. The van der Waals surface area contributed by atoms with Crippen molar-refractivity contribution in [3.05, 3.63) is 35.4 Å². The first kappa shape index (κ1) is 18.4. The smallest absolute Gasteiger partial charge is 0.242 e. The van der Waals surface area contributed by atoms with Crippen LogP contribution in [0.25, 0.3) is 0 Å². The number of rotatable bonds is 5. The van der Waals surface area contributed by atoms with Crippen molar-refractivity contribution in [3.63, 3.8) is 0 Å². The van der Waals surface area contributed by atoms with Crippen LogP contribution < -0.4 is 0 Å². The van der Waals surface area contributed by atoms with E-state index in [2.05, 4.69) is 0 Å². The molecule has 132 valence electrons. The van der Waals surface area contributed by atoms with Gasteiger partial charge < -0.3 is 9.80 Å². The van der Waals surface area contributed by atoms with Crippen molar-refractivity contribution in [2.24, 2.45) is 0 Å². The molecule has 0 aromatic heterocycles. The summed E-state index contributed by atoms with van der Waals surface area (Å²) in [5, 5.41) is 0. The second kappa shape index (κ2) is 8.22. The maximum absolute atomic E-state index is 13.6. The third-order valence-corrected chi connectivity index (χ3v) is 4.70. The van der Waals surface area contributed by atoms with Crippen LogP contribution in [0.4, 0.5) is 8.78 Å². The first-order valence-corrected chi connectivity index (χ1v) is 8.32. The molecule has 0 N–H and O–H groups in total. The third kappa shape index (κ3) is 4.52. The van der Waals surface area contributed by atoms with E-state index in [1.807, 2.05) is 0 Å². The van der Waals surface area contributed by atoms with E-state index >= 15 is 0 Å². The quantitative estimate of drug-likeness (QED) is 0.828. The number of carbonyl (C=O) groups excluding carboxylic acids is 2. The van der Waals surface area contributed by atoms with Crippen molar-refractivity contribution in [2.45, 2.75) is 44.6 Å². The van der Waals surface area contributed by atoms with Crippen molar-refractivity contribution >= 4 is 11.8 Å². The fourth-order valence-corrected chi connectivity index (χ4v) is 3.06. The fourth-order valence-electron chi connectivity index (χ4n) is 3.06. The molecule has 2 amide bonds. The molecule has 1 aliphatic carbocycles. The number of hydrogen-bond acceptors (Lipinski definition) is 2. The molecule has 1 aromatic carbocycles. The lowest BCUT2D eigenvalue weighted by Crippen LogP contribution is -2.44. The zero-order valence-electron chi connectivity index (χ0n) is 14.2. The minimum absolute atomic E-state index is 0.0814. The van der Waals surface area contributed by atoms with E-state index in [0.717, 1.165) is 37.8 Å². The first-order valence-electron chi connectivity index (χ1n) is 8.32. The van der Waals surface area contributed by atoms with Gasteiger partial charge in [0.25, 0.3) is 0 Å². The van der Waals surface area contributed by atoms with Crippen molar-refractivity contribution in [1.82, 2.24) is 9.80 Å². The monoisotopic (exact) mass is 338 g/mol. The van der Waals surface area contributed by atoms with E-state index in [9.17, 15) is 18.4 Å². The number of amides is 2. The third-order valence-electron chi connectivity index (χ3n) is 4.70. The summed E-state index contributed by atoms with van der Waals surface area (Å²) in [7, 11) is 3.24. The average Bonchev–Trinajstić information content (AvgIpc) is 2.58. The van der Waals surface area contributed by atoms with Crippen LogP contribution in [0.3, 0.4) is 0 Å². The molecule has 24 heavy (non-hydrogen) atoms. The number of carbonyl (C=O) groups is 2. The normalized spacial score (nSPS) is 15.2. The molecule has 0 spiro atoms. The Balaban J connectivity index is 1.92. The predicted octanol–water partition coefficient (Wildman–Crippen LogP) is 2.76. The van der Waals surface area contributed by atoms with E-state index in [4.69, 9.17) is 0 Å². The Hall–Kier alpha value is -1.98. The Labute approximate surface area is 141 Å². The summed E-state index contributed by atoms with van der Waals surface area (Å²) in [6.45, 7) is -0.0814. The van der Waals surface area contributed by atoms with Crippen LogP contribution in [0.1, 0.15) is 37.7 Å². The summed E-state index contributed by atoms with van der Waals surface area (Å²) in [4.78, 5) is 27.4. The van der Waals surface area contributed by atoms with E-state index in [-0.39, 0.29) is 24.1 Å². The molecule has 4 nitrogen and oxygen atoms in total. The fraction of sp³-hybridized carbons (Fsp3) is 0.556. The van der Waals surface area contributed by atoms with Crippen molar-refractivity contribution in [1.29, 1.82) is 0 Å². The Bertz CT molecular complexity index is 580. The van der Waals surface area contributed by atoms with Gasteiger partial charge in [-0.25, -0.2) is 8.78 Å². The largest absolute Gasteiger partial charge is 0.341 e. The number of benzene rings is 1. The molecule has 6 heteroatoms. The van der Waals surface area contributed by atoms with Crippen LogP contribution >= 0.6 is 0 Å². The molecule has 0 unspecified atom stereocenters. The Morgan fingerprint density at radius 1 is 1.04 bits per heavy atom. The zero-order valence-corrected chi connectivity index (χ0v) is 14.2. The van der Waals surface area contributed by atoms with Gasteiger partial charge in [-0.05, 0) is 25.0 Å². The standard InChI is InChI=1S/C18H24F2N2O2/c1-21(12-18(24)22(2)13-7-4-3-5-8-13)17(23)11-14-15(19)9-6-10-16(14)20/h6,9-10,13H,3-5,7-8,11-12H2,1-2H3. The maximum atomic E-state index is 13.6. The van der Waals surface area contributed by atoms with Crippen LogP contribution in [-0.4, -0.2) is 48.3 Å². The summed E-state index contributed by atoms with van der Waals surface area (Å²) in [5.74, 6) is -2.12. The van der Waals surface area contributed by atoms with Gasteiger partial charge in [-0.2, -0.15) is 0 Å². The van der Waals surface area contributed by atoms with E-state index in [1.54, 1.807) is 11.9 Å². The number of nitrogens with zero attached hydrogens (tertiary/aromatic N) is 2. The van der Waals surface area contributed by atoms with Gasteiger partial charge >= 0.3 is 0 Å². The van der Waals surface area contributed by atoms with Crippen molar-refractivity contribution in [3.8, 4) is 0 Å². The number of likely N-dealkylation sites (N-methyl/N-ethyl adjacent to an activating group) is 2. The minimum atomic E-state index is -0.748. The molecule has 1 aromatic rings. The van der Waals surface area contributed by atoms with Gasteiger partial charge in [0.2, 0.25) is 11.8 Å². The molecule has 1 saturated carbocycles. The molecular weight excluding hydrogens is 314 g/mol. The molecule has 0 saturated heterocycles. The molecule has 1 aliphatic rings. The lowest BCUT2D eigenvalue weighted by molar-refractivity contribution is -0.139. The zero-order chi connectivity index (χ0) is 17.7. The number of halogens is 2. The van der Waals surface area contributed by atoms with Crippen LogP contribution in [-0.2, 0) is 16.0 Å². The Morgan fingerprint density at radius 3 is 2.21 bits per heavy atom. The minimum Gasteiger partial charge on any atom is -0.341 e. The maximum Gasteiger partial charge on any atom is 0.242 e. The summed E-state index contributed by atoms with van der Waals surface area (Å²) in [6.07, 6.45) is 5.01. The lowest BCUT2D eigenvalue weighted by Gasteiger charge is -2.32. The molecule has 0 aliphatic heterocycles. The van der Waals surface area contributed by atoms with Crippen molar-refractivity contribution in [2.75, 3.05) is 20.6 Å². The number of hydrogen-bond donors (Lipinski definition) is 0. The van der Waals surface area contributed by atoms with Gasteiger partial charge in [-0.3, -0.25) is 9.59 Å². The molecule has 0 bridgehead atoms. The second-order valence-corrected chi connectivity index (χ2v) is 6.42. The van der Waals surface area contributed by atoms with Gasteiger partial charge in [-0.1, -0.05) is 25.3 Å². The van der Waals surface area contributed by atoms with Gasteiger partial charge in [-0.15, -0.1) is 0 Å². The van der Waals surface area contributed by atoms with Crippen LogP contribution in [0.2, 0.25) is 0 Å². The highest BCUT2D eigenvalue weighted by molar-refractivity contribution is 5.85. The highest BCUT2D eigenvalue weighted by Crippen LogP contribution is 2.21. The van der Waals surface area contributed by atoms with Gasteiger partial charge in [0, 0.05) is 25.7 Å². The van der Waals surface area contributed by atoms with Gasteiger partial charge in [0.15, 0.2) is 0 Å². The second-order valence-electron chi connectivity index (χ2n) is 6.42. The summed E-state index contributed by atoms with van der Waals surface area (Å²) in [5.41, 5.74) is -0.262. The molecule has 0 heterocycles. The van der Waals surface area contributed by atoms with E-state index in [0.29, 0.717) is 0 Å². The van der Waals surface area contributed by atoms with E-state index in [1.165, 1.54) is 24.4 Å². The Morgan fingerprint density at radius 2 is 1.62 bits per heavy atom. The topological polar surface area (TPSA) is 40.6 Å². The summed E-state index contributed by atoms with van der Waals surface area (Å²) >= 11 is 0. The van der Waals surface area contributed by atoms with Gasteiger partial charge in [0.05, 0.1) is 13.0 Å². The molecule has 0 atom stereocenters. The SMILES string of the molecule is CN(CC(=O)N(C)C1CCCCC1)C(=O)Cc1c(F)cccc1F. The molecular formula is C18H24F2N2O2. The molecule has 2 rings (SSSR count). The highest BCUT2D eigenvalue weighted by atomic mass is 19.1. The first-order chi connectivity index (χ1) is 11.4. The van der Waals surface area contributed by atoms with Gasteiger partial charge in [0.1, 0.15) is 11.6 Å².